The fourth-order valence-corrected chi connectivity index (χ4v) is 5.58. The van der Waals surface area contributed by atoms with Crippen LogP contribution in [0.1, 0.15) is 99.8 Å². The van der Waals surface area contributed by atoms with Crippen LogP contribution < -0.4 is 10.2 Å². The molecular weight excluding hydrogens is 569 g/mol. The monoisotopic (exact) mass is 633 g/mol. The van der Waals surface area contributed by atoms with Gasteiger partial charge in [-0.3, -0.25) is 9.59 Å². The highest BCUT2D eigenvalue weighted by Crippen LogP contribution is 2.38. The van der Waals surface area contributed by atoms with Gasteiger partial charge in [-0.15, -0.1) is 9.24 Å². The van der Waals surface area contributed by atoms with Gasteiger partial charge in [-0.05, 0) is 75.6 Å². The molecule has 1 saturated carbocycles. The van der Waals surface area contributed by atoms with Crippen molar-refractivity contribution >= 4 is 39.7 Å². The second-order valence-corrected chi connectivity index (χ2v) is 13.0. The predicted molar refractivity (Wildman–Crippen MR) is 191 cm³/mol. The summed E-state index contributed by atoms with van der Waals surface area (Å²) in [5.74, 6) is 0.287. The first kappa shape index (κ1) is 43.8. The molecule has 1 N–H and O–H groups in total. The van der Waals surface area contributed by atoms with Crippen LogP contribution in [0.3, 0.4) is 0 Å². The van der Waals surface area contributed by atoms with Crippen LogP contribution in [-0.2, 0) is 19.2 Å². The van der Waals surface area contributed by atoms with Gasteiger partial charge >= 0.3 is 0 Å². The molecule has 3 rings (SSSR count). The highest BCUT2D eigenvalue weighted by Gasteiger charge is 2.26. The Morgan fingerprint density at radius 3 is 2.02 bits per heavy atom. The number of ketones is 1. The van der Waals surface area contributed by atoms with Crippen molar-refractivity contribution in [3.63, 3.8) is 0 Å². The van der Waals surface area contributed by atoms with Gasteiger partial charge in [0, 0.05) is 63.7 Å². The number of anilines is 1. The van der Waals surface area contributed by atoms with Crippen molar-refractivity contribution < 1.29 is 19.2 Å². The molecular formula is C36H64N3O4P. The van der Waals surface area contributed by atoms with E-state index in [1.54, 1.807) is 0 Å². The van der Waals surface area contributed by atoms with Gasteiger partial charge in [0.15, 0.2) is 0 Å². The van der Waals surface area contributed by atoms with Crippen molar-refractivity contribution in [3.05, 3.63) is 42.5 Å². The Balaban J connectivity index is 0. The maximum atomic E-state index is 12.3. The van der Waals surface area contributed by atoms with Crippen LogP contribution in [0.25, 0.3) is 0 Å². The lowest BCUT2D eigenvalue weighted by Gasteiger charge is -2.33. The van der Waals surface area contributed by atoms with Crippen LogP contribution in [0.5, 0.6) is 0 Å². The lowest BCUT2D eigenvalue weighted by molar-refractivity contribution is -0.127. The predicted octanol–water partition coefficient (Wildman–Crippen LogP) is 7.14. The fourth-order valence-electron chi connectivity index (χ4n) is 5.25. The molecule has 1 amide bonds. The zero-order valence-corrected chi connectivity index (χ0v) is 30.4. The zero-order valence-electron chi connectivity index (χ0n) is 29.2. The van der Waals surface area contributed by atoms with Gasteiger partial charge in [0.1, 0.15) is 18.9 Å². The molecule has 0 spiro atoms. The van der Waals surface area contributed by atoms with Gasteiger partial charge in [0.25, 0.3) is 0 Å². The first-order valence-electron chi connectivity index (χ1n) is 16.5. The molecule has 2 fully saturated rings. The van der Waals surface area contributed by atoms with E-state index in [4.69, 9.17) is 4.79 Å². The quantitative estimate of drug-likeness (QED) is 0.158. The van der Waals surface area contributed by atoms with Crippen molar-refractivity contribution in [1.82, 2.24) is 10.2 Å². The van der Waals surface area contributed by atoms with Crippen molar-refractivity contribution in [1.29, 1.82) is 0 Å². The van der Waals surface area contributed by atoms with E-state index in [1.807, 2.05) is 47.5 Å². The number of hydrogen-bond acceptors (Lipinski definition) is 6. The number of carbonyl (C=O) groups excluding carboxylic acids is 4. The van der Waals surface area contributed by atoms with E-state index in [1.165, 1.54) is 38.3 Å². The number of benzene rings is 1. The summed E-state index contributed by atoms with van der Waals surface area (Å²) in [4.78, 5) is 46.8. The standard InChI is InChI=1S/C22H33N3O2.C9H17OP.2C2H6.CH2O/c1-17(2)21(18(3)26)16-22(27)23-19-10-12-25(13-11-19)15-14-24(4)20-8-6-5-7-9-20;1-9(11)5-2-8(3-6-9)4-7-10;3*1-2/h5-9,19,21H,1,10-16H2,2-4H3,(H,23,27);7-8H,2-6,11H2,1H3;2*1-2H3;1H2. The number of Topliss-reactive ketones (excluding diaryl/α,β-unsaturated/α-hetero) is 1. The van der Waals surface area contributed by atoms with Gasteiger partial charge in [-0.1, -0.05) is 65.0 Å². The molecule has 0 radical (unpaired) electrons. The maximum absolute atomic E-state index is 12.3. The Bertz CT molecular complexity index is 893. The topological polar surface area (TPSA) is 86.8 Å². The van der Waals surface area contributed by atoms with Gasteiger partial charge in [0.2, 0.25) is 5.91 Å². The molecule has 44 heavy (non-hydrogen) atoms. The largest absolute Gasteiger partial charge is 0.373 e. The summed E-state index contributed by atoms with van der Waals surface area (Å²) in [6.07, 6.45) is 8.96. The van der Waals surface area contributed by atoms with E-state index in [2.05, 4.69) is 69.2 Å². The molecule has 2 atom stereocenters. The number of nitrogens with one attached hydrogen (secondary N) is 1. The molecule has 1 aliphatic carbocycles. The Morgan fingerprint density at radius 1 is 1.05 bits per heavy atom. The summed E-state index contributed by atoms with van der Waals surface area (Å²) in [6.45, 7) is 23.4. The number of aldehydes is 1. The highest BCUT2D eigenvalue weighted by atomic mass is 31.0. The number of hydrogen-bond donors (Lipinski definition) is 1. The molecule has 1 aromatic rings. The molecule has 7 nitrogen and oxygen atoms in total. The third-order valence-corrected chi connectivity index (χ3v) is 8.63. The first-order valence-corrected chi connectivity index (χ1v) is 17.0. The van der Waals surface area contributed by atoms with Crippen molar-refractivity contribution in [3.8, 4) is 0 Å². The Morgan fingerprint density at radius 2 is 1.57 bits per heavy atom. The minimum atomic E-state index is -0.362. The average molecular weight is 634 g/mol. The second-order valence-electron chi connectivity index (χ2n) is 11.7. The summed E-state index contributed by atoms with van der Waals surface area (Å²) in [5, 5.41) is 3.56. The van der Waals surface area contributed by atoms with Crippen molar-refractivity contribution in [2.75, 3.05) is 38.1 Å². The Labute approximate surface area is 272 Å². The SMILES string of the molecule is C=C(C)C(CC(=O)NC1CCN(CCN(C)c2ccccc2)CC1)C(C)=O.C=O.CC.CC.CC1(P)CCC(CC=O)CC1. The molecule has 8 heteroatoms. The van der Waals surface area contributed by atoms with E-state index in [0.29, 0.717) is 11.1 Å². The summed E-state index contributed by atoms with van der Waals surface area (Å²) >= 11 is 0. The van der Waals surface area contributed by atoms with E-state index in [0.717, 1.165) is 57.3 Å². The molecule has 2 unspecified atom stereocenters. The summed E-state index contributed by atoms with van der Waals surface area (Å²) in [5.41, 5.74) is 1.99. The summed E-state index contributed by atoms with van der Waals surface area (Å²) in [6, 6.07) is 10.6. The normalized spacial score (nSPS) is 20.2. The number of carbonyl (C=O) groups is 4. The van der Waals surface area contributed by atoms with Crippen LogP contribution >= 0.6 is 9.24 Å². The number of nitrogens with zero attached hydrogens (tertiary/aromatic N) is 2. The minimum Gasteiger partial charge on any atom is -0.373 e. The number of amides is 1. The lowest BCUT2D eigenvalue weighted by Crippen LogP contribution is -2.46. The average Bonchev–Trinajstić information content (AvgIpc) is 3.04. The highest BCUT2D eigenvalue weighted by molar-refractivity contribution is 7.18. The molecule has 2 aliphatic rings. The fraction of sp³-hybridized carbons (Fsp3) is 0.667. The van der Waals surface area contributed by atoms with Crippen LogP contribution in [-0.4, -0.2) is 74.1 Å². The molecule has 1 aromatic carbocycles. The van der Waals surface area contributed by atoms with Gasteiger partial charge in [-0.2, -0.15) is 0 Å². The number of rotatable bonds is 11. The molecule has 1 aliphatic heterocycles. The zero-order chi connectivity index (χ0) is 34.1. The van der Waals surface area contributed by atoms with Crippen LogP contribution in [0, 0.1) is 11.8 Å². The number of para-hydroxylation sites is 1. The van der Waals surface area contributed by atoms with E-state index in [9.17, 15) is 14.4 Å². The number of allylic oxidation sites excluding steroid dienone is 1. The van der Waals surface area contributed by atoms with Gasteiger partial charge < -0.3 is 24.7 Å². The molecule has 0 aromatic heterocycles. The van der Waals surface area contributed by atoms with Crippen molar-refractivity contribution in [2.45, 2.75) is 111 Å². The van der Waals surface area contributed by atoms with E-state index in [-0.39, 0.29) is 30.1 Å². The first-order chi connectivity index (χ1) is 21.0. The van der Waals surface area contributed by atoms with Crippen LogP contribution in [0.2, 0.25) is 0 Å². The number of likely N-dealkylation sites (tertiary alicyclic amines) is 1. The van der Waals surface area contributed by atoms with Gasteiger partial charge in [0.05, 0.1) is 0 Å². The van der Waals surface area contributed by atoms with E-state index >= 15 is 0 Å². The molecule has 252 valence electrons. The summed E-state index contributed by atoms with van der Waals surface area (Å²) < 4.78 is 0. The second kappa shape index (κ2) is 25.9. The Hall–Kier alpha value is -2.37. The molecule has 1 heterocycles. The van der Waals surface area contributed by atoms with Crippen molar-refractivity contribution in [2.24, 2.45) is 11.8 Å². The molecule has 0 bridgehead atoms. The Kier molecular flexibility index (Phi) is 25.8. The van der Waals surface area contributed by atoms with Crippen LogP contribution in [0.15, 0.2) is 42.5 Å². The lowest BCUT2D eigenvalue weighted by atomic mass is 9.81. The van der Waals surface area contributed by atoms with Gasteiger partial charge in [-0.25, -0.2) is 0 Å². The number of likely N-dealkylation sites (N-methyl/N-ethyl adjacent to an activating group) is 1. The number of piperidine rings is 1. The maximum Gasteiger partial charge on any atom is 0.221 e. The van der Waals surface area contributed by atoms with Crippen LogP contribution in [0.4, 0.5) is 5.69 Å². The third-order valence-electron chi connectivity index (χ3n) is 8.05. The minimum absolute atomic E-state index is 0.00926. The smallest absolute Gasteiger partial charge is 0.221 e. The third kappa shape index (κ3) is 19.1. The van der Waals surface area contributed by atoms with E-state index < -0.39 is 0 Å². The molecule has 1 saturated heterocycles. The summed E-state index contributed by atoms with van der Waals surface area (Å²) in [7, 11) is 5.05.